The molecule has 0 aliphatic rings. The topological polar surface area (TPSA) is 30.5 Å². The SMILES string of the molecule is CNCc1cccc(OCCOC(C)CC(C)C)c1. The summed E-state index contributed by atoms with van der Waals surface area (Å²) in [6, 6.07) is 8.15. The Hall–Kier alpha value is -1.06. The molecule has 0 aromatic heterocycles. The molecule has 0 fully saturated rings. The monoisotopic (exact) mass is 265 g/mol. The summed E-state index contributed by atoms with van der Waals surface area (Å²) in [5.74, 6) is 1.59. The molecule has 1 aromatic carbocycles. The summed E-state index contributed by atoms with van der Waals surface area (Å²) in [5.41, 5.74) is 1.23. The van der Waals surface area contributed by atoms with Crippen LogP contribution in [0.15, 0.2) is 24.3 Å². The summed E-state index contributed by atoms with van der Waals surface area (Å²) in [6.45, 7) is 8.65. The predicted molar refractivity (Wildman–Crippen MR) is 79.6 cm³/mol. The van der Waals surface area contributed by atoms with E-state index in [9.17, 15) is 0 Å². The van der Waals surface area contributed by atoms with Crippen LogP contribution in [0.1, 0.15) is 32.8 Å². The largest absolute Gasteiger partial charge is 0.491 e. The van der Waals surface area contributed by atoms with Gasteiger partial charge in [0.1, 0.15) is 12.4 Å². The molecule has 3 heteroatoms. The zero-order valence-corrected chi connectivity index (χ0v) is 12.6. The highest BCUT2D eigenvalue weighted by Crippen LogP contribution is 2.13. The fourth-order valence-corrected chi connectivity index (χ4v) is 2.09. The first-order valence-corrected chi connectivity index (χ1v) is 7.09. The fraction of sp³-hybridized carbons (Fsp3) is 0.625. The average Bonchev–Trinajstić information content (AvgIpc) is 2.35. The van der Waals surface area contributed by atoms with Gasteiger partial charge in [0.25, 0.3) is 0 Å². The van der Waals surface area contributed by atoms with Crippen molar-refractivity contribution in [3.63, 3.8) is 0 Å². The van der Waals surface area contributed by atoms with Crippen molar-refractivity contribution in [2.24, 2.45) is 5.92 Å². The molecule has 0 aliphatic carbocycles. The second kappa shape index (κ2) is 8.94. The van der Waals surface area contributed by atoms with Gasteiger partial charge >= 0.3 is 0 Å². The molecule has 0 spiro atoms. The number of rotatable bonds is 9. The maximum absolute atomic E-state index is 5.71. The van der Waals surface area contributed by atoms with Crippen LogP contribution in [0.3, 0.4) is 0 Å². The Labute approximate surface area is 117 Å². The maximum Gasteiger partial charge on any atom is 0.119 e. The van der Waals surface area contributed by atoms with Crippen molar-refractivity contribution in [1.82, 2.24) is 5.32 Å². The number of ether oxygens (including phenoxy) is 2. The van der Waals surface area contributed by atoms with E-state index < -0.39 is 0 Å². The zero-order valence-electron chi connectivity index (χ0n) is 12.6. The molecule has 19 heavy (non-hydrogen) atoms. The quantitative estimate of drug-likeness (QED) is 0.695. The molecule has 1 N–H and O–H groups in total. The van der Waals surface area contributed by atoms with E-state index in [1.54, 1.807) is 0 Å². The Bertz CT molecular complexity index is 352. The molecule has 0 radical (unpaired) electrons. The highest BCUT2D eigenvalue weighted by atomic mass is 16.5. The number of hydrogen-bond donors (Lipinski definition) is 1. The highest BCUT2D eigenvalue weighted by molar-refractivity contribution is 5.28. The normalized spacial score (nSPS) is 12.7. The van der Waals surface area contributed by atoms with Gasteiger partial charge in [-0.3, -0.25) is 0 Å². The Morgan fingerprint density at radius 3 is 2.63 bits per heavy atom. The van der Waals surface area contributed by atoms with Gasteiger partial charge in [-0.25, -0.2) is 0 Å². The molecule has 1 unspecified atom stereocenters. The third-order valence-electron chi connectivity index (χ3n) is 2.84. The lowest BCUT2D eigenvalue weighted by Gasteiger charge is -2.15. The van der Waals surface area contributed by atoms with E-state index in [1.165, 1.54) is 5.56 Å². The van der Waals surface area contributed by atoms with Gasteiger partial charge in [0.05, 0.1) is 12.7 Å². The summed E-state index contributed by atoms with van der Waals surface area (Å²) >= 11 is 0. The Morgan fingerprint density at radius 1 is 1.16 bits per heavy atom. The van der Waals surface area contributed by atoms with Crippen LogP contribution >= 0.6 is 0 Å². The number of nitrogens with one attached hydrogen (secondary N) is 1. The van der Waals surface area contributed by atoms with Crippen molar-refractivity contribution in [1.29, 1.82) is 0 Å². The second-order valence-corrected chi connectivity index (χ2v) is 5.34. The van der Waals surface area contributed by atoms with Crippen LogP contribution in [-0.4, -0.2) is 26.4 Å². The molecule has 0 saturated heterocycles. The van der Waals surface area contributed by atoms with Crippen LogP contribution in [0.5, 0.6) is 5.75 Å². The maximum atomic E-state index is 5.71. The third kappa shape index (κ3) is 7.19. The number of hydrogen-bond acceptors (Lipinski definition) is 3. The van der Waals surface area contributed by atoms with E-state index in [0.29, 0.717) is 25.2 Å². The van der Waals surface area contributed by atoms with Crippen LogP contribution in [0.4, 0.5) is 0 Å². The molecule has 1 atom stereocenters. The van der Waals surface area contributed by atoms with Crippen LogP contribution in [0.25, 0.3) is 0 Å². The van der Waals surface area contributed by atoms with E-state index >= 15 is 0 Å². The summed E-state index contributed by atoms with van der Waals surface area (Å²) in [4.78, 5) is 0. The van der Waals surface area contributed by atoms with Gasteiger partial charge in [-0.05, 0) is 44.0 Å². The van der Waals surface area contributed by atoms with Crippen molar-refractivity contribution in [2.75, 3.05) is 20.3 Å². The Morgan fingerprint density at radius 2 is 1.95 bits per heavy atom. The Kier molecular flexibility index (Phi) is 7.53. The van der Waals surface area contributed by atoms with E-state index in [0.717, 1.165) is 18.7 Å². The summed E-state index contributed by atoms with van der Waals surface area (Å²) in [6.07, 6.45) is 1.40. The van der Waals surface area contributed by atoms with Crippen LogP contribution < -0.4 is 10.1 Å². The standard InChI is InChI=1S/C16H27NO2/c1-13(2)10-14(3)18-8-9-19-16-7-5-6-15(11-16)12-17-4/h5-7,11,13-14,17H,8-10,12H2,1-4H3. The first-order valence-electron chi connectivity index (χ1n) is 7.09. The minimum absolute atomic E-state index is 0.305. The van der Waals surface area contributed by atoms with Crippen LogP contribution in [0.2, 0.25) is 0 Å². The molecular weight excluding hydrogens is 238 g/mol. The van der Waals surface area contributed by atoms with Gasteiger partial charge in [-0.2, -0.15) is 0 Å². The van der Waals surface area contributed by atoms with Gasteiger partial charge in [-0.15, -0.1) is 0 Å². The molecule has 0 saturated carbocycles. The van der Waals surface area contributed by atoms with Crippen LogP contribution in [-0.2, 0) is 11.3 Å². The lowest BCUT2D eigenvalue weighted by molar-refractivity contribution is 0.0331. The lowest BCUT2D eigenvalue weighted by Crippen LogP contribution is -2.16. The number of benzene rings is 1. The van der Waals surface area contributed by atoms with Crippen molar-refractivity contribution < 1.29 is 9.47 Å². The molecule has 0 bridgehead atoms. The molecule has 1 rings (SSSR count). The third-order valence-corrected chi connectivity index (χ3v) is 2.84. The smallest absolute Gasteiger partial charge is 0.119 e. The van der Waals surface area contributed by atoms with Gasteiger partial charge in [-0.1, -0.05) is 26.0 Å². The minimum Gasteiger partial charge on any atom is -0.491 e. The molecular formula is C16H27NO2. The second-order valence-electron chi connectivity index (χ2n) is 5.34. The zero-order chi connectivity index (χ0) is 14.1. The average molecular weight is 265 g/mol. The molecule has 3 nitrogen and oxygen atoms in total. The van der Waals surface area contributed by atoms with E-state index in [4.69, 9.17) is 9.47 Å². The van der Waals surface area contributed by atoms with Crippen molar-refractivity contribution in [3.8, 4) is 5.75 Å². The lowest BCUT2D eigenvalue weighted by atomic mass is 10.1. The van der Waals surface area contributed by atoms with E-state index in [2.05, 4.69) is 38.2 Å². The van der Waals surface area contributed by atoms with E-state index in [1.807, 2.05) is 19.2 Å². The van der Waals surface area contributed by atoms with Gasteiger partial charge in [0, 0.05) is 6.54 Å². The molecule has 0 amide bonds. The van der Waals surface area contributed by atoms with Gasteiger partial charge < -0.3 is 14.8 Å². The minimum atomic E-state index is 0.305. The van der Waals surface area contributed by atoms with E-state index in [-0.39, 0.29) is 0 Å². The molecule has 0 aliphatic heterocycles. The molecule has 108 valence electrons. The fourth-order valence-electron chi connectivity index (χ4n) is 2.09. The first kappa shape index (κ1) is 16.0. The summed E-state index contributed by atoms with van der Waals surface area (Å²) in [5, 5.41) is 3.13. The van der Waals surface area contributed by atoms with Crippen molar-refractivity contribution >= 4 is 0 Å². The first-order chi connectivity index (χ1) is 9.11. The van der Waals surface area contributed by atoms with Crippen LogP contribution in [0, 0.1) is 5.92 Å². The predicted octanol–water partition coefficient (Wildman–Crippen LogP) is 3.24. The molecule has 1 aromatic rings. The van der Waals surface area contributed by atoms with Crippen molar-refractivity contribution in [2.45, 2.75) is 39.8 Å². The summed E-state index contributed by atoms with van der Waals surface area (Å²) in [7, 11) is 1.94. The summed E-state index contributed by atoms with van der Waals surface area (Å²) < 4.78 is 11.4. The Balaban J connectivity index is 2.23. The van der Waals surface area contributed by atoms with Gasteiger partial charge in [0.2, 0.25) is 0 Å². The molecule has 0 heterocycles. The van der Waals surface area contributed by atoms with Gasteiger partial charge in [0.15, 0.2) is 0 Å². The van der Waals surface area contributed by atoms with Crippen molar-refractivity contribution in [3.05, 3.63) is 29.8 Å². The highest BCUT2D eigenvalue weighted by Gasteiger charge is 2.05.